The van der Waals surface area contributed by atoms with Crippen LogP contribution in [-0.4, -0.2) is 10.3 Å². The largest absolute Gasteiger partial charge is 0.337 e. The van der Waals surface area contributed by atoms with Crippen molar-refractivity contribution in [1.29, 1.82) is 5.53 Å². The Morgan fingerprint density at radius 1 is 1.07 bits per heavy atom. The average Bonchev–Trinajstić information content (AvgIpc) is 2.17. The molecule has 0 saturated carbocycles. The normalized spacial score (nSPS) is 11.4. The van der Waals surface area contributed by atoms with Gasteiger partial charge >= 0.3 is 0 Å². The van der Waals surface area contributed by atoms with Crippen LogP contribution >= 0.6 is 0 Å². The topological polar surface area (TPSA) is 169 Å². The van der Waals surface area contributed by atoms with Crippen LogP contribution in [0.3, 0.4) is 0 Å². The maximum absolute atomic E-state index is 10.1. The van der Waals surface area contributed by atoms with Crippen LogP contribution in [0.15, 0.2) is 10.4 Å². The molecule has 0 aromatic rings. The van der Waals surface area contributed by atoms with Gasteiger partial charge in [-0.25, -0.2) is 5.26 Å². The average molecular weight is 218 g/mol. The van der Waals surface area contributed by atoms with Crippen molar-refractivity contribution in [2.24, 2.45) is 10.4 Å². The summed E-state index contributed by atoms with van der Waals surface area (Å²) in [6, 6.07) is 0. The lowest BCUT2D eigenvalue weighted by molar-refractivity contribution is -0.951. The minimum atomic E-state index is -0.648. The van der Waals surface area contributed by atoms with E-state index in [1.54, 1.807) is 0 Å². The van der Waals surface area contributed by atoms with Gasteiger partial charge in [0.1, 0.15) is 0 Å². The van der Waals surface area contributed by atoms with E-state index in [1.165, 1.54) is 0 Å². The van der Waals surface area contributed by atoms with Gasteiger partial charge in [0, 0.05) is 0 Å². The number of nitrogens with zero attached hydrogens (tertiary/aromatic N) is 3. The second-order valence-corrected chi connectivity index (χ2v) is 0.985. The Labute approximate surface area is 73.1 Å². The molecule has 0 amide bonds. The van der Waals surface area contributed by atoms with Crippen LogP contribution in [0.25, 0.3) is 0 Å². The summed E-state index contributed by atoms with van der Waals surface area (Å²) in [7, 11) is 0. The molecule has 14 heteroatoms. The highest BCUT2D eigenvalue weighted by Gasteiger charge is 1.94. The third kappa shape index (κ3) is 8.58. The summed E-state index contributed by atoms with van der Waals surface area (Å²) in [4.78, 5) is 3.48. The van der Waals surface area contributed by atoms with E-state index in [9.17, 15) is 5.21 Å². The van der Waals surface area contributed by atoms with Gasteiger partial charge in [-0.15, -0.1) is 0 Å². The van der Waals surface area contributed by atoms with Crippen molar-refractivity contribution >= 4 is 0 Å². The third-order valence-electron chi connectivity index (χ3n) is 0.381. The molecule has 0 aliphatic rings. The zero-order chi connectivity index (χ0) is 10.6. The minimum absolute atomic E-state index is 0.648. The fourth-order valence-corrected chi connectivity index (χ4v) is 0.148. The van der Waals surface area contributed by atoms with Gasteiger partial charge in [0.25, 0.3) is 0 Å². The minimum Gasteiger partial charge on any atom is -0.337 e. The van der Waals surface area contributed by atoms with Crippen LogP contribution in [0.4, 0.5) is 0 Å². The molecule has 0 rings (SSSR count). The van der Waals surface area contributed by atoms with Crippen LogP contribution in [0.1, 0.15) is 0 Å². The van der Waals surface area contributed by atoms with Gasteiger partial charge in [0.2, 0.25) is 5.22 Å². The van der Waals surface area contributed by atoms with Crippen molar-refractivity contribution in [2.45, 2.75) is 0 Å². The summed E-state index contributed by atoms with van der Waals surface area (Å²) in [5.41, 5.74) is 6.04. The SMILES string of the molecule is N=N/N=[N+](\[O-])OOOOOOOOO. The Kier molecular flexibility index (Phi) is 8.53. The van der Waals surface area contributed by atoms with Gasteiger partial charge in [0.15, 0.2) is 5.22 Å². The highest BCUT2D eigenvalue weighted by Crippen LogP contribution is 1.89. The van der Waals surface area contributed by atoms with Gasteiger partial charge in [-0.2, -0.15) is 0 Å². The standard InChI is InChI=1S/H2N4O10/c1-2-3-4(5)7-9-11-13-14-12-10-8-6/h1,6H/b2-1?,4-3+. The number of nitrogens with one attached hydrogen (secondary N) is 1. The number of hydrogen-bond donors (Lipinski definition) is 2. The summed E-state index contributed by atoms with van der Waals surface area (Å²) in [6.45, 7) is 0. The van der Waals surface area contributed by atoms with E-state index in [0.717, 1.165) is 0 Å². The Balaban J connectivity index is 3.13. The molecule has 82 valence electrons. The van der Waals surface area contributed by atoms with E-state index in [2.05, 4.69) is 50.7 Å². The Hall–Kier alpha value is -1.52. The van der Waals surface area contributed by atoms with Crippen molar-refractivity contribution < 1.29 is 50.5 Å². The molecule has 0 radical (unpaired) electrons. The van der Waals surface area contributed by atoms with E-state index < -0.39 is 5.02 Å². The van der Waals surface area contributed by atoms with Crippen LogP contribution in [0.5, 0.6) is 0 Å². The molecular weight excluding hydrogens is 216 g/mol. The van der Waals surface area contributed by atoms with E-state index >= 15 is 0 Å². The predicted octanol–water partition coefficient (Wildman–Crippen LogP) is -0.179. The second-order valence-electron chi connectivity index (χ2n) is 0.985. The molecule has 14 nitrogen and oxygen atoms in total. The summed E-state index contributed by atoms with van der Waals surface area (Å²) < 4.78 is 0. The predicted molar refractivity (Wildman–Crippen MR) is 22.5 cm³/mol. The third-order valence-corrected chi connectivity index (χ3v) is 0.381. The maximum atomic E-state index is 10.1. The van der Waals surface area contributed by atoms with E-state index in [0.29, 0.717) is 0 Å². The first-order valence-corrected chi connectivity index (χ1v) is 2.34. The highest BCUT2D eigenvalue weighted by molar-refractivity contribution is 3.83. The van der Waals surface area contributed by atoms with Gasteiger partial charge in [0.05, 0.1) is 5.02 Å². The summed E-state index contributed by atoms with van der Waals surface area (Å²) in [6.07, 6.45) is 0. The lowest BCUT2D eigenvalue weighted by Crippen LogP contribution is -2.05. The maximum Gasteiger partial charge on any atom is 0.210 e. The molecule has 0 heterocycles. The Morgan fingerprint density at radius 2 is 1.64 bits per heavy atom. The van der Waals surface area contributed by atoms with E-state index in [4.69, 9.17) is 10.8 Å². The first-order chi connectivity index (χ1) is 6.81. The molecule has 0 fully saturated rings. The molecule has 0 unspecified atom stereocenters. The van der Waals surface area contributed by atoms with E-state index in [1.807, 2.05) is 0 Å². The lowest BCUT2D eigenvalue weighted by Gasteiger charge is -2.01. The first kappa shape index (κ1) is 12.5. The molecule has 0 aromatic carbocycles. The second kappa shape index (κ2) is 9.57. The lowest BCUT2D eigenvalue weighted by atomic mass is 12.5. The first-order valence-electron chi connectivity index (χ1n) is 2.34. The van der Waals surface area contributed by atoms with Gasteiger partial charge in [-0.3, -0.25) is 4.99 Å². The van der Waals surface area contributed by atoms with Gasteiger partial charge in [-0.05, 0) is 30.2 Å². The molecule has 0 atom stereocenters. The van der Waals surface area contributed by atoms with Crippen molar-refractivity contribution in [3.05, 3.63) is 5.21 Å². The van der Waals surface area contributed by atoms with Crippen molar-refractivity contribution in [3.8, 4) is 0 Å². The highest BCUT2D eigenvalue weighted by atomic mass is 17.9. The zero-order valence-electron chi connectivity index (χ0n) is 5.96. The summed E-state index contributed by atoms with van der Waals surface area (Å²) in [5, 5.41) is 44.5. The molecule has 0 aliphatic carbocycles. The van der Waals surface area contributed by atoms with Crippen LogP contribution < -0.4 is 0 Å². The molecular formula is H2N4O10. The van der Waals surface area contributed by atoms with Crippen LogP contribution in [-0.2, 0) is 40.3 Å². The molecule has 0 spiro atoms. The van der Waals surface area contributed by atoms with Crippen molar-refractivity contribution in [2.75, 3.05) is 0 Å². The molecule has 2 N–H and O–H groups in total. The molecule has 0 aromatic heterocycles. The zero-order valence-corrected chi connectivity index (χ0v) is 5.96. The van der Waals surface area contributed by atoms with Crippen molar-refractivity contribution in [1.82, 2.24) is 0 Å². The van der Waals surface area contributed by atoms with Crippen LogP contribution in [0.2, 0.25) is 0 Å². The fourth-order valence-electron chi connectivity index (χ4n) is 0.148. The monoisotopic (exact) mass is 218 g/mol. The Morgan fingerprint density at radius 3 is 2.21 bits per heavy atom. The van der Waals surface area contributed by atoms with Gasteiger partial charge in [-0.1, -0.05) is 10.6 Å². The van der Waals surface area contributed by atoms with E-state index in [-0.39, 0.29) is 0 Å². The Bertz CT molecular complexity index is 166. The van der Waals surface area contributed by atoms with Crippen LogP contribution in [0, 0.1) is 10.7 Å². The quantitative estimate of drug-likeness (QED) is 0.229. The summed E-state index contributed by atoms with van der Waals surface area (Å²) in [5.74, 6) is 0. The fraction of sp³-hybridized carbons (Fsp3) is 0. The summed E-state index contributed by atoms with van der Waals surface area (Å²) >= 11 is 0. The number of hydrogen-bond acceptors (Lipinski definition) is 11. The van der Waals surface area contributed by atoms with Gasteiger partial charge < -0.3 is 5.21 Å². The molecule has 0 saturated heterocycles. The molecule has 14 heavy (non-hydrogen) atoms. The molecule has 0 aliphatic heterocycles. The molecule has 0 bridgehead atoms. The number of rotatable bonds is 9. The smallest absolute Gasteiger partial charge is 0.210 e. The van der Waals surface area contributed by atoms with Crippen molar-refractivity contribution in [3.63, 3.8) is 0 Å².